The van der Waals surface area contributed by atoms with E-state index >= 15 is 0 Å². The zero-order chi connectivity index (χ0) is 37.8. The van der Waals surface area contributed by atoms with Crippen LogP contribution in [-0.4, -0.2) is 102 Å². The summed E-state index contributed by atoms with van der Waals surface area (Å²) >= 11 is 0. The molecule has 13 nitrogen and oxygen atoms in total. The van der Waals surface area contributed by atoms with Crippen molar-refractivity contribution >= 4 is 29.2 Å². The van der Waals surface area contributed by atoms with Crippen LogP contribution >= 0.6 is 0 Å². The molecule has 4 aliphatic rings. The van der Waals surface area contributed by atoms with Crippen LogP contribution in [0.1, 0.15) is 85.4 Å². The van der Waals surface area contributed by atoms with Gasteiger partial charge in [0.15, 0.2) is 17.3 Å². The van der Waals surface area contributed by atoms with Crippen molar-refractivity contribution in [3.63, 3.8) is 0 Å². The average molecular weight is 743 g/mol. The number of carbonyl (C=O) groups is 2. The molecule has 1 aromatic carbocycles. The summed E-state index contributed by atoms with van der Waals surface area (Å²) in [7, 11) is 1.79. The summed E-state index contributed by atoms with van der Waals surface area (Å²) in [4.78, 5) is 32.7. The number of likely N-dealkylation sites (tertiary alicyclic amines) is 1. The summed E-state index contributed by atoms with van der Waals surface area (Å²) in [5.41, 5.74) is 5.07. The number of amides is 1. The first-order valence-corrected chi connectivity index (χ1v) is 19.1. The highest BCUT2D eigenvalue weighted by molar-refractivity contribution is 5.85. The molecule has 7 heterocycles. The third-order valence-corrected chi connectivity index (χ3v) is 12.0. The van der Waals surface area contributed by atoms with E-state index in [1.54, 1.807) is 43.2 Å². The Hall–Kier alpha value is -4.92. The number of carbonyl (C=O) groups excluding carboxylic acids is 1. The number of halogens is 2. The highest BCUT2D eigenvalue weighted by Crippen LogP contribution is 2.44. The van der Waals surface area contributed by atoms with Crippen molar-refractivity contribution in [3.05, 3.63) is 64.7 Å². The summed E-state index contributed by atoms with van der Waals surface area (Å²) < 4.78 is 33.2. The van der Waals surface area contributed by atoms with E-state index in [9.17, 15) is 23.5 Å². The predicted molar refractivity (Wildman–Crippen MR) is 199 cm³/mol. The van der Waals surface area contributed by atoms with Crippen molar-refractivity contribution in [3.8, 4) is 11.1 Å². The zero-order valence-corrected chi connectivity index (χ0v) is 31.3. The summed E-state index contributed by atoms with van der Waals surface area (Å²) in [6, 6.07) is 7.41. The number of anilines is 3. The highest BCUT2D eigenvalue weighted by Gasteiger charge is 2.40. The molecule has 0 radical (unpaired) electrons. The fourth-order valence-corrected chi connectivity index (χ4v) is 9.57. The summed E-state index contributed by atoms with van der Waals surface area (Å²) in [5, 5.41) is 26.9. The molecule has 0 bridgehead atoms. The second-order valence-corrected chi connectivity index (χ2v) is 15.6. The van der Waals surface area contributed by atoms with Gasteiger partial charge in [-0.05, 0) is 72.9 Å². The van der Waals surface area contributed by atoms with E-state index in [-0.39, 0.29) is 23.2 Å². The quantitative estimate of drug-likeness (QED) is 0.260. The fourth-order valence-electron chi connectivity index (χ4n) is 9.57. The molecule has 4 aromatic rings. The molecule has 1 unspecified atom stereocenters. The average Bonchev–Trinajstić information content (AvgIpc) is 3.77. The van der Waals surface area contributed by atoms with Crippen molar-refractivity contribution in [1.29, 1.82) is 0 Å². The molecule has 0 saturated carbocycles. The first kappa shape index (κ1) is 36.1. The van der Waals surface area contributed by atoms with Gasteiger partial charge in [-0.3, -0.25) is 19.1 Å². The number of hydrogen-bond acceptors (Lipinski definition) is 9. The van der Waals surface area contributed by atoms with Crippen LogP contribution in [0.4, 0.5) is 26.1 Å². The van der Waals surface area contributed by atoms with Crippen molar-refractivity contribution in [2.45, 2.75) is 77.9 Å². The van der Waals surface area contributed by atoms with Crippen LogP contribution in [0.5, 0.6) is 0 Å². The van der Waals surface area contributed by atoms with E-state index in [1.807, 2.05) is 11.0 Å². The standard InChI is InChI=1S/C39H48F2N10O3/c1-23-19-49(35-8-7-32(39(53)54)43-44-35)20-24(2)36(23)47-13-9-28(10-14-47)51-33-11-15-48(25(3)52)22-31(33)38(45-51)50-12-5-6-26-16-29(27-18-42-46(4)21-27)30(37(40)41)17-34(26)50/h7-8,16-18,21,23-24,28,36-37H,5-6,9-15,19-20,22H2,1-4H3,(H,53,54)/t23-,24+,36?. The van der Waals surface area contributed by atoms with Gasteiger partial charge in [-0.15, -0.1) is 10.2 Å². The molecule has 1 amide bonds. The van der Waals surface area contributed by atoms with Gasteiger partial charge in [0.1, 0.15) is 0 Å². The monoisotopic (exact) mass is 742 g/mol. The van der Waals surface area contributed by atoms with Crippen LogP contribution in [0, 0.1) is 11.8 Å². The molecule has 8 rings (SSSR count). The fraction of sp³-hybridized carbons (Fsp3) is 0.538. The first-order chi connectivity index (χ1) is 26.0. The lowest BCUT2D eigenvalue weighted by atomic mass is 9.83. The minimum atomic E-state index is -2.66. The van der Waals surface area contributed by atoms with E-state index in [0.29, 0.717) is 60.9 Å². The second-order valence-electron chi connectivity index (χ2n) is 15.6. The number of benzene rings is 1. The number of piperidine rings is 2. The number of fused-ring (bicyclic) bond motifs is 2. The highest BCUT2D eigenvalue weighted by atomic mass is 19.3. The van der Waals surface area contributed by atoms with Crippen LogP contribution < -0.4 is 9.80 Å². The molecule has 4 aliphatic heterocycles. The Morgan fingerprint density at radius 2 is 1.74 bits per heavy atom. The van der Waals surface area contributed by atoms with Crippen molar-refractivity contribution in [2.24, 2.45) is 18.9 Å². The van der Waals surface area contributed by atoms with Gasteiger partial charge >= 0.3 is 5.97 Å². The van der Waals surface area contributed by atoms with Gasteiger partial charge in [0, 0.05) is 100.0 Å². The van der Waals surface area contributed by atoms with E-state index in [1.165, 1.54) is 6.07 Å². The van der Waals surface area contributed by atoms with Crippen LogP contribution in [0.3, 0.4) is 0 Å². The van der Waals surface area contributed by atoms with Gasteiger partial charge in [-0.2, -0.15) is 10.2 Å². The molecular weight excluding hydrogens is 694 g/mol. The molecule has 0 spiro atoms. The molecule has 3 atom stereocenters. The van der Waals surface area contributed by atoms with Gasteiger partial charge in [0.05, 0.1) is 18.8 Å². The third kappa shape index (κ3) is 6.60. The number of rotatable bonds is 7. The smallest absolute Gasteiger partial charge is 0.356 e. The maximum Gasteiger partial charge on any atom is 0.356 e. The Morgan fingerprint density at radius 3 is 2.37 bits per heavy atom. The minimum absolute atomic E-state index is 0.0157. The molecular formula is C39H48F2N10O3. The lowest BCUT2D eigenvalue weighted by molar-refractivity contribution is -0.129. The molecule has 3 aromatic heterocycles. The van der Waals surface area contributed by atoms with Crippen molar-refractivity contribution in [1.82, 2.24) is 39.6 Å². The SMILES string of the molecule is CC(=O)N1CCc2c(c(N3CCCc4cc(-c5cnn(C)c5)c(C(F)F)cc43)nn2C2CCN(C3[C@H](C)CN(c4ccc(C(=O)O)nn4)C[C@@H]3C)CC2)C1. The van der Waals surface area contributed by atoms with E-state index in [4.69, 9.17) is 5.10 Å². The van der Waals surface area contributed by atoms with Crippen molar-refractivity contribution in [2.75, 3.05) is 49.1 Å². The van der Waals surface area contributed by atoms with Crippen LogP contribution in [0.2, 0.25) is 0 Å². The number of aromatic carboxylic acids is 1. The van der Waals surface area contributed by atoms with Crippen LogP contribution in [0.25, 0.3) is 11.1 Å². The van der Waals surface area contributed by atoms with Gasteiger partial charge in [-0.25, -0.2) is 13.6 Å². The first-order valence-electron chi connectivity index (χ1n) is 19.1. The van der Waals surface area contributed by atoms with Gasteiger partial charge in [0.25, 0.3) is 6.43 Å². The Balaban J connectivity index is 1.04. The normalized spacial score (nSPS) is 22.4. The predicted octanol–water partition coefficient (Wildman–Crippen LogP) is 5.50. The third-order valence-electron chi connectivity index (χ3n) is 12.0. The number of alkyl halides is 2. The maximum absolute atomic E-state index is 14.7. The van der Waals surface area contributed by atoms with Gasteiger partial charge in [0.2, 0.25) is 5.91 Å². The van der Waals surface area contributed by atoms with Gasteiger partial charge in [-0.1, -0.05) is 13.8 Å². The molecule has 15 heteroatoms. The Bertz CT molecular complexity index is 2030. The molecule has 1 N–H and O–H groups in total. The molecule has 0 aliphatic carbocycles. The van der Waals surface area contributed by atoms with E-state index in [0.717, 1.165) is 80.2 Å². The molecule has 2 saturated heterocycles. The summed E-state index contributed by atoms with van der Waals surface area (Å²) in [5.74, 6) is 1.15. The van der Waals surface area contributed by atoms with Gasteiger partial charge < -0.3 is 19.8 Å². The Labute approximate surface area is 313 Å². The summed E-state index contributed by atoms with van der Waals surface area (Å²) in [6.45, 7) is 11.4. The minimum Gasteiger partial charge on any atom is -0.476 e. The van der Waals surface area contributed by atoms with E-state index < -0.39 is 12.4 Å². The van der Waals surface area contributed by atoms with Crippen LogP contribution in [0.15, 0.2) is 36.7 Å². The number of aromatic nitrogens is 6. The molecule has 54 heavy (non-hydrogen) atoms. The second kappa shape index (κ2) is 14.4. The molecule has 2 fully saturated rings. The van der Waals surface area contributed by atoms with E-state index in [2.05, 4.69) is 48.5 Å². The number of hydrogen-bond donors (Lipinski definition) is 1. The maximum atomic E-state index is 14.7. The lowest BCUT2D eigenvalue weighted by Gasteiger charge is -2.48. The van der Waals surface area contributed by atoms with Crippen molar-refractivity contribution < 1.29 is 23.5 Å². The molecule has 286 valence electrons. The number of carboxylic acids is 1. The Morgan fingerprint density at radius 1 is 0.981 bits per heavy atom. The van der Waals surface area contributed by atoms with Crippen LogP contribution in [-0.2, 0) is 31.2 Å². The number of nitrogens with zero attached hydrogens (tertiary/aromatic N) is 10. The number of aryl methyl sites for hydroxylation is 2. The topological polar surface area (TPSA) is 129 Å². The summed E-state index contributed by atoms with van der Waals surface area (Å²) in [6.07, 6.45) is 4.97. The lowest BCUT2D eigenvalue weighted by Crippen LogP contribution is -2.57. The largest absolute Gasteiger partial charge is 0.476 e. The Kier molecular flexibility index (Phi) is 9.61. The number of carboxylic acid groups (broad SMARTS) is 1. The zero-order valence-electron chi connectivity index (χ0n) is 31.3.